The van der Waals surface area contributed by atoms with Gasteiger partial charge < -0.3 is 16.2 Å². The first-order chi connectivity index (χ1) is 9.38. The number of carboxylic acids is 1. The van der Waals surface area contributed by atoms with Crippen LogP contribution in [0.5, 0.6) is 0 Å². The number of aliphatic carboxylic acids is 1. The zero-order chi connectivity index (χ0) is 15.1. The second-order valence-corrected chi connectivity index (χ2v) is 4.66. The van der Waals surface area contributed by atoms with Crippen molar-refractivity contribution in [2.45, 2.75) is 38.9 Å². The van der Waals surface area contributed by atoms with Crippen LogP contribution in [0.3, 0.4) is 0 Å². The lowest BCUT2D eigenvalue weighted by molar-refractivity contribution is -0.141. The van der Waals surface area contributed by atoms with Crippen molar-refractivity contribution in [1.82, 2.24) is 15.3 Å². The van der Waals surface area contributed by atoms with Gasteiger partial charge in [-0.25, -0.2) is 9.97 Å². The molecule has 0 bridgehead atoms. The van der Waals surface area contributed by atoms with Gasteiger partial charge in [0, 0.05) is 30.5 Å². The van der Waals surface area contributed by atoms with Gasteiger partial charge >= 0.3 is 5.97 Å². The monoisotopic (exact) mass is 281 g/mol. The summed E-state index contributed by atoms with van der Waals surface area (Å²) in [7, 11) is 0. The molecule has 1 aromatic heterocycles. The molecule has 1 heterocycles. The summed E-state index contributed by atoms with van der Waals surface area (Å²) < 4.78 is 0. The van der Waals surface area contributed by atoms with Crippen LogP contribution in [-0.4, -0.2) is 39.0 Å². The predicted molar refractivity (Wildman–Crippen MR) is 72.9 cm³/mol. The first kappa shape index (κ1) is 15.8. The average Bonchev–Trinajstić information content (AvgIpc) is 2.34. The van der Waals surface area contributed by atoms with Crippen molar-refractivity contribution >= 4 is 17.8 Å². The van der Waals surface area contributed by atoms with Gasteiger partial charge in [0.05, 0.1) is 6.42 Å². The molecule has 0 aliphatic rings. The third-order valence-corrected chi connectivity index (χ3v) is 2.38. The minimum Gasteiger partial charge on any atom is -0.480 e. The molecule has 0 saturated carbocycles. The van der Waals surface area contributed by atoms with Crippen LogP contribution in [0.15, 0.2) is 12.4 Å². The van der Waals surface area contributed by atoms with E-state index in [1.807, 2.05) is 13.8 Å². The number of primary amides is 1. The molecule has 1 rings (SSSR count). The molecule has 0 radical (unpaired) electrons. The molecular weight excluding hydrogens is 262 g/mol. The second-order valence-electron chi connectivity index (χ2n) is 4.66. The first-order valence-electron chi connectivity index (χ1n) is 6.20. The van der Waals surface area contributed by atoms with Crippen LogP contribution in [0.2, 0.25) is 0 Å². The number of rotatable bonds is 8. The Kier molecular flexibility index (Phi) is 5.85. The number of nitrogens with one attached hydrogen (secondary N) is 2. The number of carboxylic acid groups (broad SMARTS) is 1. The molecule has 0 spiro atoms. The van der Waals surface area contributed by atoms with Crippen LogP contribution in [0, 0.1) is 0 Å². The Morgan fingerprint density at radius 1 is 1.35 bits per heavy atom. The van der Waals surface area contributed by atoms with E-state index < -0.39 is 17.9 Å². The number of hydrogen-bond donors (Lipinski definition) is 4. The quantitative estimate of drug-likeness (QED) is 0.515. The van der Waals surface area contributed by atoms with E-state index in [2.05, 4.69) is 20.6 Å². The van der Waals surface area contributed by atoms with Crippen LogP contribution in [0.4, 0.5) is 5.95 Å². The van der Waals surface area contributed by atoms with Crippen molar-refractivity contribution in [2.24, 2.45) is 5.73 Å². The second kappa shape index (κ2) is 7.39. The maximum absolute atomic E-state index is 10.9. The number of amides is 1. The highest BCUT2D eigenvalue weighted by Crippen LogP contribution is 2.03. The molecule has 0 aliphatic carbocycles. The maximum Gasteiger partial charge on any atom is 0.321 e. The van der Waals surface area contributed by atoms with E-state index in [1.54, 1.807) is 12.4 Å². The maximum atomic E-state index is 10.9. The molecule has 0 fully saturated rings. The summed E-state index contributed by atoms with van der Waals surface area (Å²) in [6, 6.07) is -0.785. The van der Waals surface area contributed by atoms with Crippen LogP contribution in [-0.2, 0) is 16.1 Å². The molecule has 8 heteroatoms. The summed E-state index contributed by atoms with van der Waals surface area (Å²) in [5.74, 6) is -1.28. The number of aromatic nitrogens is 2. The lowest BCUT2D eigenvalue weighted by atomic mass is 10.2. The van der Waals surface area contributed by atoms with Gasteiger partial charge in [-0.2, -0.15) is 0 Å². The van der Waals surface area contributed by atoms with Gasteiger partial charge in [-0.05, 0) is 13.8 Å². The molecule has 0 saturated heterocycles. The Labute approximate surface area is 116 Å². The Bertz CT molecular complexity index is 461. The minimum absolute atomic E-state index is 0.228. The number of nitrogens with two attached hydrogens (primary N) is 1. The normalized spacial score (nSPS) is 12.2. The largest absolute Gasteiger partial charge is 0.480 e. The summed E-state index contributed by atoms with van der Waals surface area (Å²) in [6.07, 6.45) is 2.92. The zero-order valence-corrected chi connectivity index (χ0v) is 11.5. The van der Waals surface area contributed by atoms with Crippen molar-refractivity contribution < 1.29 is 14.7 Å². The molecule has 8 nitrogen and oxygen atoms in total. The Morgan fingerprint density at radius 2 is 1.95 bits per heavy atom. The summed E-state index contributed by atoms with van der Waals surface area (Å²) in [5.41, 5.74) is 5.71. The van der Waals surface area contributed by atoms with Crippen molar-refractivity contribution in [1.29, 1.82) is 0 Å². The molecular formula is C12H19N5O3. The third-order valence-electron chi connectivity index (χ3n) is 2.38. The fourth-order valence-electron chi connectivity index (χ4n) is 1.47. The Balaban J connectivity index is 2.55. The number of hydrogen-bond acceptors (Lipinski definition) is 6. The fraction of sp³-hybridized carbons (Fsp3) is 0.500. The van der Waals surface area contributed by atoms with E-state index in [0.29, 0.717) is 5.95 Å². The van der Waals surface area contributed by atoms with Crippen LogP contribution in [0.25, 0.3) is 0 Å². The van der Waals surface area contributed by atoms with Crippen LogP contribution < -0.4 is 16.4 Å². The van der Waals surface area contributed by atoms with Gasteiger partial charge in [-0.1, -0.05) is 0 Å². The van der Waals surface area contributed by atoms with Gasteiger partial charge in [-0.3, -0.25) is 14.9 Å². The van der Waals surface area contributed by atoms with E-state index in [4.69, 9.17) is 10.8 Å². The SMILES string of the molecule is CC(C)Nc1ncc(CN[C@H](CC(N)=O)C(=O)O)cn1. The molecule has 5 N–H and O–H groups in total. The van der Waals surface area contributed by atoms with Crippen molar-refractivity contribution in [3.63, 3.8) is 0 Å². The van der Waals surface area contributed by atoms with Crippen LogP contribution in [0.1, 0.15) is 25.8 Å². The molecule has 20 heavy (non-hydrogen) atoms. The van der Waals surface area contributed by atoms with Crippen molar-refractivity contribution in [3.05, 3.63) is 18.0 Å². The van der Waals surface area contributed by atoms with Gasteiger partial charge in [0.15, 0.2) is 0 Å². The van der Waals surface area contributed by atoms with Crippen LogP contribution >= 0.6 is 0 Å². The summed E-state index contributed by atoms with van der Waals surface area (Å²) >= 11 is 0. The standard InChI is InChI=1S/C12H19N5O3/c1-7(2)17-12-15-5-8(6-16-12)4-14-9(11(19)20)3-10(13)18/h5-7,9,14H,3-4H2,1-2H3,(H2,13,18)(H,19,20)(H,15,16,17)/t9-/m1/s1. The number of carbonyl (C=O) groups is 2. The van der Waals surface area contributed by atoms with Gasteiger partial charge in [0.1, 0.15) is 6.04 Å². The molecule has 0 aliphatic heterocycles. The van der Waals surface area contributed by atoms with Crippen molar-refractivity contribution in [3.8, 4) is 0 Å². The van der Waals surface area contributed by atoms with E-state index >= 15 is 0 Å². The van der Waals surface area contributed by atoms with Gasteiger partial charge in [0.25, 0.3) is 0 Å². The lowest BCUT2D eigenvalue weighted by Gasteiger charge is -2.13. The van der Waals surface area contributed by atoms with E-state index in [0.717, 1.165) is 5.56 Å². The summed E-state index contributed by atoms with van der Waals surface area (Å²) in [5, 5.41) is 14.7. The highest BCUT2D eigenvalue weighted by molar-refractivity contribution is 5.83. The smallest absolute Gasteiger partial charge is 0.321 e. The molecule has 1 aromatic rings. The number of carbonyl (C=O) groups excluding carboxylic acids is 1. The lowest BCUT2D eigenvalue weighted by Crippen LogP contribution is -2.39. The molecule has 1 amide bonds. The summed E-state index contributed by atoms with van der Waals surface area (Å²) in [4.78, 5) is 29.9. The third kappa shape index (κ3) is 5.61. The highest BCUT2D eigenvalue weighted by atomic mass is 16.4. The van der Waals surface area contributed by atoms with E-state index in [-0.39, 0.29) is 19.0 Å². The van der Waals surface area contributed by atoms with Gasteiger partial charge in [0.2, 0.25) is 11.9 Å². The Hall–Kier alpha value is -2.22. The first-order valence-corrected chi connectivity index (χ1v) is 6.20. The summed E-state index contributed by atoms with van der Waals surface area (Å²) in [6.45, 7) is 4.19. The minimum atomic E-state index is -1.12. The number of nitrogens with zero attached hydrogens (tertiary/aromatic N) is 2. The average molecular weight is 281 g/mol. The molecule has 0 aromatic carbocycles. The van der Waals surface area contributed by atoms with E-state index in [1.165, 1.54) is 0 Å². The van der Waals surface area contributed by atoms with Crippen molar-refractivity contribution in [2.75, 3.05) is 5.32 Å². The van der Waals surface area contributed by atoms with Gasteiger partial charge in [-0.15, -0.1) is 0 Å². The molecule has 1 atom stereocenters. The highest BCUT2D eigenvalue weighted by Gasteiger charge is 2.19. The topological polar surface area (TPSA) is 130 Å². The van der Waals surface area contributed by atoms with E-state index in [9.17, 15) is 9.59 Å². The number of anilines is 1. The predicted octanol–water partition coefficient (Wildman–Crippen LogP) is -0.285. The molecule has 0 unspecified atom stereocenters. The zero-order valence-electron chi connectivity index (χ0n) is 11.5. The molecule has 110 valence electrons. The Morgan fingerprint density at radius 3 is 2.40 bits per heavy atom. The fourth-order valence-corrected chi connectivity index (χ4v) is 1.47.